The van der Waals surface area contributed by atoms with E-state index in [0.717, 1.165) is 0 Å². The molecule has 3 spiro atoms. The molecule has 0 radical (unpaired) electrons. The van der Waals surface area contributed by atoms with Crippen LogP contribution in [0.5, 0.6) is 0 Å². The maximum absolute atomic E-state index is 14.0. The highest BCUT2D eigenvalue weighted by Crippen LogP contribution is 2.56. The lowest BCUT2D eigenvalue weighted by molar-refractivity contribution is 0.165. The summed E-state index contributed by atoms with van der Waals surface area (Å²) in [6.07, 6.45) is -0.771. The lowest BCUT2D eigenvalue weighted by Crippen LogP contribution is -2.75. The molecule has 0 atom stereocenters. The lowest BCUT2D eigenvalue weighted by Gasteiger charge is -2.58. The number of sulfone groups is 4. The molecule has 4 fully saturated rings. The molecule has 2 N–H and O–H groups in total. The van der Waals surface area contributed by atoms with Crippen molar-refractivity contribution in [3.05, 3.63) is 0 Å². The normalized spacial score (nSPS) is 36.1. The van der Waals surface area contributed by atoms with Gasteiger partial charge in [0.15, 0.2) is 47.5 Å². The SMILES string of the molecule is CC1(C)CC2(CC(C)(C)N1)S(=O)(=O)CC1(CS2(=O)=O)CS(=O)(=O)C2(CC(C)(C)NC(C)(C)C2)S(=O)(=O)C1. The van der Waals surface area contributed by atoms with Crippen LogP contribution in [0.1, 0.15) is 81.1 Å². The van der Waals surface area contributed by atoms with Crippen molar-refractivity contribution < 1.29 is 33.7 Å². The first kappa shape index (κ1) is 29.7. The van der Waals surface area contributed by atoms with Gasteiger partial charge in [-0.2, -0.15) is 0 Å². The number of rotatable bonds is 0. The Morgan fingerprint density at radius 2 is 0.595 bits per heavy atom. The van der Waals surface area contributed by atoms with E-state index in [1.165, 1.54) is 0 Å². The molecule has 216 valence electrons. The zero-order chi connectivity index (χ0) is 28.6. The molecule has 0 saturated carbocycles. The van der Waals surface area contributed by atoms with E-state index in [4.69, 9.17) is 0 Å². The van der Waals surface area contributed by atoms with E-state index in [0.29, 0.717) is 0 Å². The molecule has 10 nitrogen and oxygen atoms in total. The van der Waals surface area contributed by atoms with Crippen LogP contribution in [0, 0.1) is 5.41 Å². The average molecular weight is 603 g/mol. The van der Waals surface area contributed by atoms with E-state index in [1.807, 2.05) is 0 Å². The van der Waals surface area contributed by atoms with E-state index in [9.17, 15) is 33.7 Å². The summed E-state index contributed by atoms with van der Waals surface area (Å²) >= 11 is 0. The lowest BCUT2D eigenvalue weighted by atomic mass is 9.82. The first-order valence-electron chi connectivity index (χ1n) is 12.5. The molecular weight excluding hydrogens is 561 g/mol. The van der Waals surface area contributed by atoms with Crippen LogP contribution in [0.2, 0.25) is 0 Å². The van der Waals surface area contributed by atoms with Crippen molar-refractivity contribution in [1.82, 2.24) is 10.6 Å². The van der Waals surface area contributed by atoms with E-state index in [1.54, 1.807) is 55.4 Å². The highest BCUT2D eigenvalue weighted by atomic mass is 32.3. The first-order chi connectivity index (χ1) is 16.1. The third-order valence-corrected chi connectivity index (χ3v) is 21.2. The van der Waals surface area contributed by atoms with E-state index >= 15 is 0 Å². The highest BCUT2D eigenvalue weighted by Gasteiger charge is 2.73. The van der Waals surface area contributed by atoms with Gasteiger partial charge in [0.1, 0.15) is 0 Å². The molecule has 0 bridgehead atoms. The zero-order valence-corrected chi connectivity index (χ0v) is 26.3. The Balaban J connectivity index is 1.85. The first-order valence-corrected chi connectivity index (χ1v) is 19.2. The smallest absolute Gasteiger partial charge is 0.176 e. The molecule has 14 heteroatoms. The summed E-state index contributed by atoms with van der Waals surface area (Å²) in [6.45, 7) is 13.9. The van der Waals surface area contributed by atoms with Gasteiger partial charge in [-0.15, -0.1) is 0 Å². The predicted molar refractivity (Wildman–Crippen MR) is 144 cm³/mol. The number of piperidine rings is 2. The molecule has 0 amide bonds. The largest absolute Gasteiger partial charge is 0.307 e. The predicted octanol–water partition coefficient (Wildman–Crippen LogP) is 0.933. The van der Waals surface area contributed by atoms with Crippen LogP contribution in [0.4, 0.5) is 0 Å². The van der Waals surface area contributed by atoms with Gasteiger partial charge in [0.25, 0.3) is 0 Å². The molecule has 0 aromatic heterocycles. The Morgan fingerprint density at radius 3 is 0.784 bits per heavy atom. The van der Waals surface area contributed by atoms with Crippen molar-refractivity contribution in [2.45, 2.75) is 111 Å². The molecule has 4 aliphatic heterocycles. The summed E-state index contributed by atoms with van der Waals surface area (Å²) in [5.74, 6) is -3.15. The molecule has 4 aliphatic rings. The van der Waals surface area contributed by atoms with Crippen molar-refractivity contribution in [1.29, 1.82) is 0 Å². The van der Waals surface area contributed by atoms with Crippen LogP contribution in [0.15, 0.2) is 0 Å². The average Bonchev–Trinajstić information content (AvgIpc) is 2.51. The second-order valence-electron chi connectivity index (χ2n) is 14.9. The second kappa shape index (κ2) is 7.51. The minimum atomic E-state index is -4.46. The van der Waals surface area contributed by atoms with Crippen LogP contribution in [0.25, 0.3) is 0 Å². The Hall–Kier alpha value is -0.280. The summed E-state index contributed by atoms with van der Waals surface area (Å²) in [6, 6.07) is 0. The second-order valence-corrected chi connectivity index (χ2v) is 24.6. The van der Waals surface area contributed by atoms with Crippen molar-refractivity contribution >= 4 is 39.3 Å². The summed E-state index contributed by atoms with van der Waals surface area (Å²) in [5.41, 5.74) is -5.24. The minimum Gasteiger partial charge on any atom is -0.307 e. The molecule has 4 heterocycles. The van der Waals surface area contributed by atoms with Crippen molar-refractivity contribution in [3.8, 4) is 0 Å². The van der Waals surface area contributed by atoms with Crippen LogP contribution in [-0.2, 0) is 39.3 Å². The highest BCUT2D eigenvalue weighted by molar-refractivity contribution is 8.12. The number of hydrogen-bond donors (Lipinski definition) is 2. The molecule has 0 aliphatic carbocycles. The maximum atomic E-state index is 14.0. The van der Waals surface area contributed by atoms with E-state index < -0.39 is 98.1 Å². The Bertz CT molecular complexity index is 1230. The molecule has 0 aromatic carbocycles. The van der Waals surface area contributed by atoms with Gasteiger partial charge in [-0.25, -0.2) is 33.7 Å². The van der Waals surface area contributed by atoms with E-state index in [-0.39, 0.29) is 25.7 Å². The van der Waals surface area contributed by atoms with Crippen LogP contribution >= 0.6 is 0 Å². The Labute approximate surface area is 222 Å². The molecule has 37 heavy (non-hydrogen) atoms. The third kappa shape index (κ3) is 4.43. The maximum Gasteiger partial charge on any atom is 0.176 e. The van der Waals surface area contributed by atoms with Gasteiger partial charge in [0, 0.05) is 27.6 Å². The van der Waals surface area contributed by atoms with Gasteiger partial charge in [0.05, 0.1) is 23.0 Å². The summed E-state index contributed by atoms with van der Waals surface area (Å²) in [7, 11) is -17.8. The topological polar surface area (TPSA) is 161 Å². The molecule has 0 aromatic rings. The van der Waals surface area contributed by atoms with Gasteiger partial charge in [-0.3, -0.25) is 0 Å². The Morgan fingerprint density at radius 1 is 0.405 bits per heavy atom. The summed E-state index contributed by atoms with van der Waals surface area (Å²) in [5, 5.41) is 6.61. The van der Waals surface area contributed by atoms with Gasteiger partial charge >= 0.3 is 0 Å². The van der Waals surface area contributed by atoms with E-state index in [2.05, 4.69) is 10.6 Å². The standard InChI is InChI=1S/C23H42N2O8S4/c1-17(2)9-22(10-18(3,4)24-17)34(26,27)13-21(14-35(22,28)29)15-36(30,31)23(37(32,33)16-21)11-19(5,6)25-20(7,8)12-23/h24-25H,9-16H2,1-8H3. The summed E-state index contributed by atoms with van der Waals surface area (Å²) in [4.78, 5) is 0. The van der Waals surface area contributed by atoms with Crippen LogP contribution in [0.3, 0.4) is 0 Å². The third-order valence-electron chi connectivity index (χ3n) is 8.45. The molecule has 4 saturated heterocycles. The number of nitrogens with one attached hydrogen (secondary N) is 2. The van der Waals surface area contributed by atoms with Gasteiger partial charge in [0.2, 0.25) is 0 Å². The van der Waals surface area contributed by atoms with Crippen LogP contribution < -0.4 is 10.6 Å². The monoisotopic (exact) mass is 602 g/mol. The van der Waals surface area contributed by atoms with Gasteiger partial charge in [-0.05, 0) is 81.1 Å². The van der Waals surface area contributed by atoms with Crippen molar-refractivity contribution in [2.75, 3.05) is 23.0 Å². The molecule has 0 unspecified atom stereocenters. The molecular formula is C23H42N2O8S4. The zero-order valence-electron chi connectivity index (χ0n) is 23.1. The van der Waals surface area contributed by atoms with Crippen molar-refractivity contribution in [3.63, 3.8) is 0 Å². The van der Waals surface area contributed by atoms with Gasteiger partial charge in [-0.1, -0.05) is 0 Å². The Kier molecular flexibility index (Phi) is 6.03. The van der Waals surface area contributed by atoms with Gasteiger partial charge < -0.3 is 10.6 Å². The quantitative estimate of drug-likeness (QED) is 0.408. The minimum absolute atomic E-state index is 0.193. The fraction of sp³-hybridized carbons (Fsp3) is 1.00. The number of hydrogen-bond acceptors (Lipinski definition) is 10. The molecule has 4 rings (SSSR count). The fourth-order valence-electron chi connectivity index (χ4n) is 8.48. The van der Waals surface area contributed by atoms with Crippen LogP contribution in [-0.4, -0.2) is 87.0 Å². The van der Waals surface area contributed by atoms with Crippen molar-refractivity contribution in [2.24, 2.45) is 5.41 Å². The summed E-state index contributed by atoms with van der Waals surface area (Å²) < 4.78 is 108. The fourth-order valence-corrected chi connectivity index (χ4v) is 23.2.